The molecule has 2 aliphatic heterocycles. The fraction of sp³-hybridized carbons (Fsp3) is 0.467. The van der Waals surface area contributed by atoms with Crippen molar-refractivity contribution in [1.29, 1.82) is 0 Å². The van der Waals surface area contributed by atoms with Gasteiger partial charge in [0.15, 0.2) is 5.11 Å². The molecular formula is C15H20FN5O2S. The summed E-state index contributed by atoms with van der Waals surface area (Å²) < 4.78 is 19.6. The molecule has 9 heteroatoms. The number of nitrogens with two attached hydrogens (primary N) is 2. The molecule has 24 heavy (non-hydrogen) atoms. The molecule has 1 aromatic rings. The number of amides is 1. The molecule has 0 aliphatic carbocycles. The van der Waals surface area contributed by atoms with Crippen LogP contribution in [0.5, 0.6) is 0 Å². The highest BCUT2D eigenvalue weighted by Gasteiger charge is 2.32. The lowest BCUT2D eigenvalue weighted by Crippen LogP contribution is -2.50. The van der Waals surface area contributed by atoms with Crippen LogP contribution in [0.1, 0.15) is 0 Å². The SMILES string of the molecule is NCC1CN(c2ccc(N3CCN(C(N)=S)CC3)c(F)c2)C(=O)O1. The first-order valence-electron chi connectivity index (χ1n) is 7.76. The topological polar surface area (TPSA) is 88.1 Å². The fourth-order valence-corrected chi connectivity index (χ4v) is 3.13. The van der Waals surface area contributed by atoms with Crippen molar-refractivity contribution >= 4 is 34.8 Å². The van der Waals surface area contributed by atoms with Gasteiger partial charge in [0.05, 0.1) is 17.9 Å². The summed E-state index contributed by atoms with van der Waals surface area (Å²) in [6, 6.07) is 4.76. The standard InChI is InChI=1S/C15H20FN5O2S/c16-12-7-10(21-9-11(8-17)23-15(21)22)1-2-13(12)19-3-5-20(6-4-19)14(18)24/h1-2,7,11H,3-6,8-9,17H2,(H2,18,24). The van der Waals surface area contributed by atoms with E-state index in [-0.39, 0.29) is 18.5 Å². The van der Waals surface area contributed by atoms with Crippen molar-refractivity contribution in [1.82, 2.24) is 4.90 Å². The molecule has 2 saturated heterocycles. The molecule has 1 unspecified atom stereocenters. The van der Waals surface area contributed by atoms with Gasteiger partial charge in [0.25, 0.3) is 0 Å². The largest absolute Gasteiger partial charge is 0.443 e. The number of nitrogens with zero attached hydrogens (tertiary/aromatic N) is 3. The molecular weight excluding hydrogens is 333 g/mol. The molecule has 2 fully saturated rings. The number of carbonyl (C=O) groups is 1. The second-order valence-corrected chi connectivity index (χ2v) is 6.22. The summed E-state index contributed by atoms with van der Waals surface area (Å²) in [6.07, 6.45) is -0.851. The third-order valence-electron chi connectivity index (χ3n) is 4.31. The van der Waals surface area contributed by atoms with E-state index in [1.807, 2.05) is 9.80 Å². The van der Waals surface area contributed by atoms with E-state index in [2.05, 4.69) is 0 Å². The summed E-state index contributed by atoms with van der Waals surface area (Å²) in [5.41, 5.74) is 12.1. The van der Waals surface area contributed by atoms with Gasteiger partial charge >= 0.3 is 6.09 Å². The first-order chi connectivity index (χ1) is 11.5. The Morgan fingerprint density at radius 2 is 2.04 bits per heavy atom. The smallest absolute Gasteiger partial charge is 0.414 e. The lowest BCUT2D eigenvalue weighted by Gasteiger charge is -2.36. The van der Waals surface area contributed by atoms with E-state index in [1.54, 1.807) is 12.1 Å². The Morgan fingerprint density at radius 1 is 1.33 bits per heavy atom. The third kappa shape index (κ3) is 3.22. The van der Waals surface area contributed by atoms with Crippen molar-refractivity contribution in [3.05, 3.63) is 24.0 Å². The van der Waals surface area contributed by atoms with E-state index < -0.39 is 6.09 Å². The molecule has 0 bridgehead atoms. The number of hydrogen-bond donors (Lipinski definition) is 2. The van der Waals surface area contributed by atoms with Crippen molar-refractivity contribution in [2.24, 2.45) is 11.5 Å². The van der Waals surface area contributed by atoms with Crippen LogP contribution in [0.3, 0.4) is 0 Å². The Hall–Kier alpha value is -2.13. The summed E-state index contributed by atoms with van der Waals surface area (Å²) in [5, 5.41) is 0.368. The van der Waals surface area contributed by atoms with Crippen molar-refractivity contribution in [2.45, 2.75) is 6.10 Å². The highest BCUT2D eigenvalue weighted by atomic mass is 32.1. The van der Waals surface area contributed by atoms with Crippen molar-refractivity contribution < 1.29 is 13.9 Å². The number of hydrogen-bond acceptors (Lipinski definition) is 5. The van der Waals surface area contributed by atoms with Gasteiger partial charge in [-0.15, -0.1) is 0 Å². The van der Waals surface area contributed by atoms with E-state index in [0.29, 0.717) is 49.2 Å². The molecule has 0 spiro atoms. The predicted molar refractivity (Wildman–Crippen MR) is 93.6 cm³/mol. The summed E-state index contributed by atoms with van der Waals surface area (Å²) in [5.74, 6) is -0.375. The Kier molecular flexibility index (Phi) is 4.72. The predicted octanol–water partition coefficient (Wildman–Crippen LogP) is 0.475. The summed E-state index contributed by atoms with van der Waals surface area (Å²) in [7, 11) is 0. The average molecular weight is 353 g/mol. The zero-order chi connectivity index (χ0) is 17.3. The maximum Gasteiger partial charge on any atom is 0.414 e. The minimum atomic E-state index is -0.498. The molecule has 2 heterocycles. The number of benzene rings is 1. The minimum Gasteiger partial charge on any atom is -0.443 e. The van der Waals surface area contributed by atoms with Crippen LogP contribution < -0.4 is 21.3 Å². The van der Waals surface area contributed by atoms with Crippen LogP contribution >= 0.6 is 12.2 Å². The maximum absolute atomic E-state index is 14.5. The second-order valence-electron chi connectivity index (χ2n) is 5.80. The quantitative estimate of drug-likeness (QED) is 0.764. The van der Waals surface area contributed by atoms with Gasteiger partial charge in [0.1, 0.15) is 11.9 Å². The highest BCUT2D eigenvalue weighted by molar-refractivity contribution is 7.80. The Labute approximate surface area is 144 Å². The number of piperazine rings is 1. The summed E-state index contributed by atoms with van der Waals surface area (Å²) >= 11 is 4.96. The maximum atomic E-state index is 14.5. The average Bonchev–Trinajstić information content (AvgIpc) is 2.96. The van der Waals surface area contributed by atoms with Gasteiger partial charge in [0.2, 0.25) is 0 Å². The van der Waals surface area contributed by atoms with Crippen LogP contribution in [0.15, 0.2) is 18.2 Å². The molecule has 0 aromatic heterocycles. The molecule has 130 valence electrons. The van der Waals surface area contributed by atoms with E-state index >= 15 is 0 Å². The van der Waals surface area contributed by atoms with Gasteiger partial charge in [0, 0.05) is 32.7 Å². The van der Waals surface area contributed by atoms with Crippen molar-refractivity contribution in [2.75, 3.05) is 49.1 Å². The molecule has 0 saturated carbocycles. The Balaban J connectivity index is 1.72. The van der Waals surface area contributed by atoms with E-state index in [0.717, 1.165) is 0 Å². The van der Waals surface area contributed by atoms with Crippen LogP contribution in [0, 0.1) is 5.82 Å². The molecule has 2 aliphatic rings. The first-order valence-corrected chi connectivity index (χ1v) is 8.17. The number of ether oxygens (including phenoxy) is 1. The number of carbonyl (C=O) groups excluding carboxylic acids is 1. The number of halogens is 1. The number of thiocarbonyl (C=S) groups is 1. The number of anilines is 2. The molecule has 0 radical (unpaired) electrons. The van der Waals surface area contributed by atoms with Gasteiger partial charge in [-0.2, -0.15) is 0 Å². The van der Waals surface area contributed by atoms with Gasteiger partial charge in [-0.25, -0.2) is 9.18 Å². The molecule has 7 nitrogen and oxygen atoms in total. The summed E-state index contributed by atoms with van der Waals surface area (Å²) in [6.45, 7) is 3.17. The number of cyclic esters (lactones) is 1. The minimum absolute atomic E-state index is 0.246. The van der Waals surface area contributed by atoms with Crippen LogP contribution in [0.4, 0.5) is 20.6 Å². The van der Waals surface area contributed by atoms with Crippen LogP contribution in [-0.4, -0.2) is 61.5 Å². The number of rotatable bonds is 3. The molecule has 1 atom stereocenters. The van der Waals surface area contributed by atoms with Gasteiger partial charge < -0.3 is 26.0 Å². The normalized spacial score (nSPS) is 21.2. The van der Waals surface area contributed by atoms with Crippen LogP contribution in [-0.2, 0) is 4.74 Å². The first kappa shape index (κ1) is 16.7. The molecule has 1 amide bonds. The molecule has 3 rings (SSSR count). The van der Waals surface area contributed by atoms with Crippen LogP contribution in [0.25, 0.3) is 0 Å². The summed E-state index contributed by atoms with van der Waals surface area (Å²) in [4.78, 5) is 17.1. The van der Waals surface area contributed by atoms with E-state index in [1.165, 1.54) is 11.0 Å². The van der Waals surface area contributed by atoms with Crippen molar-refractivity contribution in [3.63, 3.8) is 0 Å². The van der Waals surface area contributed by atoms with E-state index in [4.69, 9.17) is 28.4 Å². The van der Waals surface area contributed by atoms with Crippen molar-refractivity contribution in [3.8, 4) is 0 Å². The second kappa shape index (κ2) is 6.78. The Bertz CT molecular complexity index is 651. The fourth-order valence-electron chi connectivity index (χ4n) is 2.94. The van der Waals surface area contributed by atoms with Crippen LogP contribution in [0.2, 0.25) is 0 Å². The van der Waals surface area contributed by atoms with E-state index in [9.17, 15) is 9.18 Å². The Morgan fingerprint density at radius 3 is 2.58 bits per heavy atom. The zero-order valence-electron chi connectivity index (χ0n) is 13.2. The molecule has 4 N–H and O–H groups in total. The highest BCUT2D eigenvalue weighted by Crippen LogP contribution is 2.28. The van der Waals surface area contributed by atoms with Gasteiger partial charge in [-0.05, 0) is 30.4 Å². The monoisotopic (exact) mass is 353 g/mol. The lowest BCUT2D eigenvalue weighted by atomic mass is 10.2. The third-order valence-corrected chi connectivity index (χ3v) is 4.57. The molecule has 1 aromatic carbocycles. The lowest BCUT2D eigenvalue weighted by molar-refractivity contribution is 0.145. The van der Waals surface area contributed by atoms with Gasteiger partial charge in [-0.3, -0.25) is 4.90 Å². The van der Waals surface area contributed by atoms with Gasteiger partial charge in [-0.1, -0.05) is 0 Å². The zero-order valence-corrected chi connectivity index (χ0v) is 14.0.